The highest BCUT2D eigenvalue weighted by Gasteiger charge is 2.33. The van der Waals surface area contributed by atoms with Crippen LogP contribution < -0.4 is 10.5 Å². The molecule has 0 aromatic heterocycles. The number of alkyl halides is 3. The summed E-state index contributed by atoms with van der Waals surface area (Å²) in [5.74, 6) is -2.31. The van der Waals surface area contributed by atoms with E-state index in [1.807, 2.05) is 0 Å². The van der Waals surface area contributed by atoms with E-state index in [2.05, 4.69) is 4.74 Å². The van der Waals surface area contributed by atoms with E-state index in [0.29, 0.717) is 6.07 Å². The van der Waals surface area contributed by atoms with Crippen LogP contribution in [0.25, 0.3) is 0 Å². The van der Waals surface area contributed by atoms with E-state index in [0.717, 1.165) is 6.07 Å². The molecular formula is C10H7F3N2O3. The molecule has 0 heterocycles. The van der Waals surface area contributed by atoms with Crippen molar-refractivity contribution in [3.05, 3.63) is 28.8 Å². The fraction of sp³-hybridized carbons (Fsp3) is 0.200. The van der Waals surface area contributed by atoms with E-state index in [-0.39, 0.29) is 12.1 Å². The maximum Gasteiger partial charge on any atom is 0.573 e. The first-order valence-electron chi connectivity index (χ1n) is 4.54. The standard InChI is InChI=1S/C10H7F3N2O3/c11-10(12,13)18-8-2-5(9(16)17)1-6(3-14)7(8)4-15/h1-2H,3,14H2,(H,16,17). The number of carboxylic acid groups (broad SMARTS) is 1. The summed E-state index contributed by atoms with van der Waals surface area (Å²) in [7, 11) is 0. The predicted octanol–water partition coefficient (Wildman–Crippen LogP) is 1.61. The Labute approximate surface area is 99.2 Å². The summed E-state index contributed by atoms with van der Waals surface area (Å²) in [6.07, 6.45) is -5.02. The first-order chi connectivity index (χ1) is 8.28. The molecule has 1 rings (SSSR count). The molecule has 0 aliphatic heterocycles. The lowest BCUT2D eigenvalue weighted by atomic mass is 10.0. The number of hydrogen-bond acceptors (Lipinski definition) is 4. The van der Waals surface area contributed by atoms with Crippen molar-refractivity contribution in [1.29, 1.82) is 5.26 Å². The fourth-order valence-corrected chi connectivity index (χ4v) is 1.29. The Morgan fingerprint density at radius 2 is 2.11 bits per heavy atom. The fourth-order valence-electron chi connectivity index (χ4n) is 1.29. The number of hydrogen-bond donors (Lipinski definition) is 2. The highest BCUT2D eigenvalue weighted by atomic mass is 19.4. The number of halogens is 3. The summed E-state index contributed by atoms with van der Waals surface area (Å²) in [6, 6.07) is 3.17. The van der Waals surface area contributed by atoms with Crippen molar-refractivity contribution >= 4 is 5.97 Å². The first-order valence-corrected chi connectivity index (χ1v) is 4.54. The highest BCUT2D eigenvalue weighted by molar-refractivity contribution is 5.89. The molecule has 0 bridgehead atoms. The number of carbonyl (C=O) groups is 1. The van der Waals surface area contributed by atoms with Crippen molar-refractivity contribution in [1.82, 2.24) is 0 Å². The van der Waals surface area contributed by atoms with Crippen LogP contribution in [0.4, 0.5) is 13.2 Å². The molecule has 0 radical (unpaired) electrons. The van der Waals surface area contributed by atoms with Crippen LogP contribution in [0.15, 0.2) is 12.1 Å². The molecular weight excluding hydrogens is 253 g/mol. The van der Waals surface area contributed by atoms with Crippen molar-refractivity contribution in [2.24, 2.45) is 5.73 Å². The van der Waals surface area contributed by atoms with Crippen LogP contribution in [0.1, 0.15) is 21.5 Å². The van der Waals surface area contributed by atoms with Crippen LogP contribution in [0.5, 0.6) is 5.75 Å². The first kappa shape index (κ1) is 13.8. The van der Waals surface area contributed by atoms with Gasteiger partial charge in [0.05, 0.1) is 11.1 Å². The van der Waals surface area contributed by atoms with E-state index in [1.165, 1.54) is 6.07 Å². The van der Waals surface area contributed by atoms with Crippen LogP contribution in [0, 0.1) is 11.3 Å². The Balaban J connectivity index is 3.42. The number of carboxylic acids is 1. The van der Waals surface area contributed by atoms with E-state index < -0.39 is 29.2 Å². The molecule has 8 heteroatoms. The molecule has 0 fully saturated rings. The summed E-state index contributed by atoms with van der Waals surface area (Å²) in [4.78, 5) is 10.7. The van der Waals surface area contributed by atoms with Gasteiger partial charge in [-0.05, 0) is 17.7 Å². The summed E-state index contributed by atoms with van der Waals surface area (Å²) < 4.78 is 40.0. The van der Waals surface area contributed by atoms with Crippen molar-refractivity contribution in [2.75, 3.05) is 0 Å². The molecule has 0 saturated carbocycles. The van der Waals surface area contributed by atoms with Crippen molar-refractivity contribution in [3.8, 4) is 11.8 Å². The highest BCUT2D eigenvalue weighted by Crippen LogP contribution is 2.29. The summed E-state index contributed by atoms with van der Waals surface area (Å²) in [6.45, 7) is -0.280. The number of aromatic carboxylic acids is 1. The van der Waals surface area contributed by atoms with Crippen molar-refractivity contribution < 1.29 is 27.8 Å². The van der Waals surface area contributed by atoms with Gasteiger partial charge in [-0.15, -0.1) is 13.2 Å². The zero-order valence-electron chi connectivity index (χ0n) is 8.78. The molecule has 96 valence electrons. The molecule has 0 saturated heterocycles. The summed E-state index contributed by atoms with van der Waals surface area (Å²) in [5, 5.41) is 17.5. The Morgan fingerprint density at radius 3 is 2.50 bits per heavy atom. The van der Waals surface area contributed by atoms with E-state index in [9.17, 15) is 18.0 Å². The number of benzene rings is 1. The zero-order valence-corrected chi connectivity index (χ0v) is 8.78. The molecule has 3 N–H and O–H groups in total. The lowest BCUT2D eigenvalue weighted by Gasteiger charge is -2.13. The Bertz CT molecular complexity index is 520. The van der Waals surface area contributed by atoms with Gasteiger partial charge in [0.25, 0.3) is 0 Å². The molecule has 0 spiro atoms. The molecule has 0 amide bonds. The van der Waals surface area contributed by atoms with Gasteiger partial charge in [0, 0.05) is 6.54 Å². The van der Waals surface area contributed by atoms with Crippen molar-refractivity contribution in [2.45, 2.75) is 12.9 Å². The number of ether oxygens (including phenoxy) is 1. The lowest BCUT2D eigenvalue weighted by Crippen LogP contribution is -2.19. The monoisotopic (exact) mass is 260 g/mol. The third kappa shape index (κ3) is 3.11. The SMILES string of the molecule is N#Cc1c(CN)cc(C(=O)O)cc1OC(F)(F)F. The maximum absolute atomic E-state index is 12.1. The summed E-state index contributed by atoms with van der Waals surface area (Å²) in [5.41, 5.74) is 4.35. The Hall–Kier alpha value is -2.27. The van der Waals surface area contributed by atoms with Gasteiger partial charge in [0.1, 0.15) is 11.8 Å². The minimum absolute atomic E-state index is 0.0309. The van der Waals surface area contributed by atoms with Gasteiger partial charge in [-0.3, -0.25) is 0 Å². The van der Waals surface area contributed by atoms with Crippen LogP contribution in [-0.4, -0.2) is 17.4 Å². The zero-order chi connectivity index (χ0) is 13.9. The van der Waals surface area contributed by atoms with Gasteiger partial charge >= 0.3 is 12.3 Å². The predicted molar refractivity (Wildman–Crippen MR) is 52.7 cm³/mol. The molecule has 0 aliphatic carbocycles. The van der Waals surface area contributed by atoms with Crippen LogP contribution in [0.2, 0.25) is 0 Å². The molecule has 0 unspecified atom stereocenters. The van der Waals surface area contributed by atoms with Gasteiger partial charge in [0.15, 0.2) is 0 Å². The minimum Gasteiger partial charge on any atom is -0.478 e. The largest absolute Gasteiger partial charge is 0.573 e. The molecule has 18 heavy (non-hydrogen) atoms. The second-order valence-corrected chi connectivity index (χ2v) is 3.18. The Morgan fingerprint density at radius 1 is 1.50 bits per heavy atom. The van der Waals surface area contributed by atoms with E-state index in [1.54, 1.807) is 0 Å². The minimum atomic E-state index is -5.02. The number of nitriles is 1. The van der Waals surface area contributed by atoms with Gasteiger partial charge in [-0.1, -0.05) is 0 Å². The smallest absolute Gasteiger partial charge is 0.478 e. The molecule has 1 aromatic carbocycles. The molecule has 0 aliphatic rings. The van der Waals surface area contributed by atoms with Crippen LogP contribution in [-0.2, 0) is 6.54 Å². The second kappa shape index (κ2) is 4.93. The topological polar surface area (TPSA) is 96.3 Å². The quantitative estimate of drug-likeness (QED) is 0.860. The van der Waals surface area contributed by atoms with Gasteiger partial charge in [-0.25, -0.2) is 4.79 Å². The van der Waals surface area contributed by atoms with Gasteiger partial charge in [0.2, 0.25) is 0 Å². The van der Waals surface area contributed by atoms with Gasteiger partial charge < -0.3 is 15.6 Å². The molecule has 5 nitrogen and oxygen atoms in total. The third-order valence-electron chi connectivity index (χ3n) is 1.99. The van der Waals surface area contributed by atoms with Crippen LogP contribution in [0.3, 0.4) is 0 Å². The number of nitrogens with zero attached hydrogens (tertiary/aromatic N) is 1. The average molecular weight is 260 g/mol. The van der Waals surface area contributed by atoms with E-state index >= 15 is 0 Å². The molecule has 0 atom stereocenters. The average Bonchev–Trinajstić information content (AvgIpc) is 2.25. The normalized spacial score (nSPS) is 10.8. The number of nitrogens with two attached hydrogens (primary N) is 1. The lowest BCUT2D eigenvalue weighted by molar-refractivity contribution is -0.274. The molecule has 1 aromatic rings. The summed E-state index contributed by atoms with van der Waals surface area (Å²) >= 11 is 0. The Kier molecular flexibility index (Phi) is 3.78. The maximum atomic E-state index is 12.1. The van der Waals surface area contributed by atoms with Crippen LogP contribution >= 0.6 is 0 Å². The van der Waals surface area contributed by atoms with E-state index in [4.69, 9.17) is 16.1 Å². The van der Waals surface area contributed by atoms with Crippen molar-refractivity contribution in [3.63, 3.8) is 0 Å². The second-order valence-electron chi connectivity index (χ2n) is 3.18. The third-order valence-corrected chi connectivity index (χ3v) is 1.99. The number of rotatable bonds is 3. The van der Waals surface area contributed by atoms with Gasteiger partial charge in [-0.2, -0.15) is 5.26 Å².